The molecule has 1 saturated carbocycles. The molecule has 0 spiro atoms. The molecule has 6 nitrogen and oxygen atoms in total. The first kappa shape index (κ1) is 15.2. The first-order chi connectivity index (χ1) is 11.8. The van der Waals surface area contributed by atoms with Crippen LogP contribution in [0.5, 0.6) is 5.75 Å². The molecule has 1 aliphatic heterocycles. The van der Waals surface area contributed by atoms with E-state index in [1.807, 2.05) is 18.2 Å². The Kier molecular flexibility index (Phi) is 4.21. The van der Waals surface area contributed by atoms with Crippen LogP contribution in [0.1, 0.15) is 47.7 Å². The maximum atomic E-state index is 12.3. The summed E-state index contributed by atoms with van der Waals surface area (Å²) in [5, 5.41) is 9.95. The van der Waals surface area contributed by atoms with E-state index in [9.17, 15) is 4.79 Å². The lowest BCUT2D eigenvalue weighted by molar-refractivity contribution is 0.0256. The number of nitrogens with one attached hydrogen (secondary N) is 2. The SMILES string of the molecule is O=C(Nc1cc(C2CC2)[nH]n1)c1ccc(OC2CCOCC2)cc1. The van der Waals surface area contributed by atoms with Crippen molar-refractivity contribution in [2.45, 2.75) is 37.7 Å². The number of ether oxygens (including phenoxy) is 2. The molecule has 2 aromatic rings. The van der Waals surface area contributed by atoms with Gasteiger partial charge in [-0.1, -0.05) is 0 Å². The summed E-state index contributed by atoms with van der Waals surface area (Å²) in [6.45, 7) is 1.50. The Morgan fingerprint density at radius 3 is 2.62 bits per heavy atom. The van der Waals surface area contributed by atoms with Crippen LogP contribution in [-0.4, -0.2) is 35.4 Å². The van der Waals surface area contributed by atoms with Gasteiger partial charge in [-0.05, 0) is 37.1 Å². The quantitative estimate of drug-likeness (QED) is 0.885. The van der Waals surface area contributed by atoms with Gasteiger partial charge in [-0.25, -0.2) is 0 Å². The summed E-state index contributed by atoms with van der Waals surface area (Å²) in [7, 11) is 0. The molecule has 0 atom stereocenters. The average molecular weight is 327 g/mol. The number of benzene rings is 1. The molecular formula is C18H21N3O3. The maximum absolute atomic E-state index is 12.3. The number of aromatic nitrogens is 2. The van der Waals surface area contributed by atoms with Crippen LogP contribution in [0.3, 0.4) is 0 Å². The van der Waals surface area contributed by atoms with Gasteiger partial charge < -0.3 is 14.8 Å². The molecule has 2 N–H and O–H groups in total. The van der Waals surface area contributed by atoms with Crippen LogP contribution >= 0.6 is 0 Å². The zero-order valence-corrected chi connectivity index (χ0v) is 13.5. The molecule has 2 fully saturated rings. The Balaban J connectivity index is 1.35. The molecule has 4 rings (SSSR count). The minimum Gasteiger partial charge on any atom is -0.490 e. The Labute approximate surface area is 140 Å². The number of aromatic amines is 1. The molecule has 2 aliphatic rings. The van der Waals surface area contributed by atoms with Crippen LogP contribution in [0.4, 0.5) is 5.82 Å². The van der Waals surface area contributed by atoms with E-state index < -0.39 is 0 Å². The number of amides is 1. The highest BCUT2D eigenvalue weighted by atomic mass is 16.5. The molecule has 6 heteroatoms. The van der Waals surface area contributed by atoms with Gasteiger partial charge in [0.15, 0.2) is 5.82 Å². The lowest BCUT2D eigenvalue weighted by atomic mass is 10.1. The molecule has 126 valence electrons. The second kappa shape index (κ2) is 6.65. The molecule has 2 heterocycles. The van der Waals surface area contributed by atoms with Crippen molar-refractivity contribution in [2.24, 2.45) is 0 Å². The van der Waals surface area contributed by atoms with Gasteiger partial charge >= 0.3 is 0 Å². The highest BCUT2D eigenvalue weighted by Gasteiger charge is 2.25. The minimum atomic E-state index is -0.165. The van der Waals surface area contributed by atoms with Crippen molar-refractivity contribution in [2.75, 3.05) is 18.5 Å². The van der Waals surface area contributed by atoms with Crippen molar-refractivity contribution in [3.05, 3.63) is 41.6 Å². The zero-order chi connectivity index (χ0) is 16.4. The van der Waals surface area contributed by atoms with Crippen LogP contribution in [0.2, 0.25) is 0 Å². The highest BCUT2D eigenvalue weighted by molar-refractivity contribution is 6.03. The van der Waals surface area contributed by atoms with Crippen LogP contribution in [0, 0.1) is 0 Å². The lowest BCUT2D eigenvalue weighted by Crippen LogP contribution is -2.25. The Morgan fingerprint density at radius 2 is 1.92 bits per heavy atom. The van der Waals surface area contributed by atoms with Gasteiger partial charge in [0.05, 0.1) is 13.2 Å². The zero-order valence-electron chi connectivity index (χ0n) is 13.5. The van der Waals surface area contributed by atoms with Gasteiger partial charge in [-0.3, -0.25) is 9.89 Å². The van der Waals surface area contributed by atoms with Gasteiger partial charge in [-0.2, -0.15) is 5.10 Å². The van der Waals surface area contributed by atoms with Crippen LogP contribution in [0.15, 0.2) is 30.3 Å². The van der Waals surface area contributed by atoms with E-state index in [0.717, 1.165) is 37.5 Å². The van der Waals surface area contributed by atoms with E-state index in [-0.39, 0.29) is 12.0 Å². The number of carbonyl (C=O) groups is 1. The van der Waals surface area contributed by atoms with Crippen LogP contribution in [0.25, 0.3) is 0 Å². The highest BCUT2D eigenvalue weighted by Crippen LogP contribution is 2.39. The second-order valence-electron chi connectivity index (χ2n) is 6.39. The number of H-pyrrole nitrogens is 1. The molecule has 0 unspecified atom stereocenters. The van der Waals surface area contributed by atoms with Gasteiger partial charge in [0.2, 0.25) is 0 Å². The summed E-state index contributed by atoms with van der Waals surface area (Å²) in [6.07, 6.45) is 4.41. The van der Waals surface area contributed by atoms with Crippen molar-refractivity contribution in [3.8, 4) is 5.75 Å². The maximum Gasteiger partial charge on any atom is 0.256 e. The summed E-state index contributed by atoms with van der Waals surface area (Å²) in [5.74, 6) is 1.78. The second-order valence-corrected chi connectivity index (χ2v) is 6.39. The standard InChI is InChI=1S/C18H21N3O3/c22-18(19-17-11-16(20-21-17)12-1-2-12)13-3-5-14(6-4-13)24-15-7-9-23-10-8-15/h3-6,11-12,15H,1-2,7-10H2,(H2,19,20,21,22). The smallest absolute Gasteiger partial charge is 0.256 e. The van der Waals surface area contributed by atoms with Crippen molar-refractivity contribution in [3.63, 3.8) is 0 Å². The summed E-state index contributed by atoms with van der Waals surface area (Å²) >= 11 is 0. The monoisotopic (exact) mass is 327 g/mol. The summed E-state index contributed by atoms with van der Waals surface area (Å²) in [6, 6.07) is 9.14. The summed E-state index contributed by atoms with van der Waals surface area (Å²) in [5.41, 5.74) is 1.69. The molecule has 0 bridgehead atoms. The van der Waals surface area contributed by atoms with Crippen LogP contribution in [-0.2, 0) is 4.74 Å². The Hall–Kier alpha value is -2.34. The molecule has 1 amide bonds. The first-order valence-corrected chi connectivity index (χ1v) is 8.49. The Bertz CT molecular complexity index is 701. The number of hydrogen-bond acceptors (Lipinski definition) is 4. The fourth-order valence-corrected chi connectivity index (χ4v) is 2.86. The third-order valence-electron chi connectivity index (χ3n) is 4.44. The third-order valence-corrected chi connectivity index (χ3v) is 4.44. The van der Waals surface area contributed by atoms with Crippen molar-refractivity contribution in [1.29, 1.82) is 0 Å². The molecule has 1 saturated heterocycles. The average Bonchev–Trinajstić information content (AvgIpc) is 3.36. The topological polar surface area (TPSA) is 76.2 Å². The molecule has 24 heavy (non-hydrogen) atoms. The molecular weight excluding hydrogens is 306 g/mol. The largest absolute Gasteiger partial charge is 0.490 e. The van der Waals surface area contributed by atoms with Crippen molar-refractivity contribution >= 4 is 11.7 Å². The van der Waals surface area contributed by atoms with E-state index in [0.29, 0.717) is 17.3 Å². The predicted molar refractivity (Wildman–Crippen MR) is 89.4 cm³/mol. The van der Waals surface area contributed by atoms with Gasteiger partial charge in [-0.15, -0.1) is 0 Å². The van der Waals surface area contributed by atoms with E-state index in [2.05, 4.69) is 15.5 Å². The number of anilines is 1. The summed E-state index contributed by atoms with van der Waals surface area (Å²) < 4.78 is 11.2. The normalized spacial score (nSPS) is 18.3. The van der Waals surface area contributed by atoms with E-state index >= 15 is 0 Å². The van der Waals surface area contributed by atoms with Gasteiger partial charge in [0.25, 0.3) is 5.91 Å². The van der Waals surface area contributed by atoms with E-state index in [4.69, 9.17) is 9.47 Å². The minimum absolute atomic E-state index is 0.165. The van der Waals surface area contributed by atoms with Crippen molar-refractivity contribution < 1.29 is 14.3 Å². The molecule has 0 radical (unpaired) electrons. The molecule has 1 aliphatic carbocycles. The number of hydrogen-bond donors (Lipinski definition) is 2. The predicted octanol–water partition coefficient (Wildman–Crippen LogP) is 3.10. The molecule has 1 aromatic heterocycles. The number of carbonyl (C=O) groups excluding carboxylic acids is 1. The first-order valence-electron chi connectivity index (χ1n) is 8.49. The fraction of sp³-hybridized carbons (Fsp3) is 0.444. The third kappa shape index (κ3) is 3.59. The molecule has 1 aromatic carbocycles. The van der Waals surface area contributed by atoms with Gasteiger partial charge in [0, 0.05) is 36.1 Å². The lowest BCUT2D eigenvalue weighted by Gasteiger charge is -2.23. The number of rotatable bonds is 5. The van der Waals surface area contributed by atoms with Crippen LogP contribution < -0.4 is 10.1 Å². The fourth-order valence-electron chi connectivity index (χ4n) is 2.86. The van der Waals surface area contributed by atoms with Crippen molar-refractivity contribution in [1.82, 2.24) is 10.2 Å². The number of nitrogens with zero attached hydrogens (tertiary/aromatic N) is 1. The van der Waals surface area contributed by atoms with E-state index in [1.165, 1.54) is 12.8 Å². The Morgan fingerprint density at radius 1 is 1.17 bits per heavy atom. The van der Waals surface area contributed by atoms with Gasteiger partial charge in [0.1, 0.15) is 11.9 Å². The van der Waals surface area contributed by atoms with E-state index in [1.54, 1.807) is 12.1 Å². The summed E-state index contributed by atoms with van der Waals surface area (Å²) in [4.78, 5) is 12.3.